The molecule has 0 saturated carbocycles. The fraction of sp³-hybridized carbons (Fsp3) is 0.364. The third-order valence-electron chi connectivity index (χ3n) is 2.55. The van der Waals surface area contributed by atoms with Crippen molar-refractivity contribution in [1.82, 2.24) is 0 Å². The average molecular weight is 190 g/mol. The van der Waals surface area contributed by atoms with Crippen LogP contribution in [0.25, 0.3) is 0 Å². The lowest BCUT2D eigenvalue weighted by Crippen LogP contribution is -2.19. The molecule has 2 nitrogen and oxygen atoms in total. The van der Waals surface area contributed by atoms with Crippen molar-refractivity contribution in [2.24, 2.45) is 0 Å². The van der Waals surface area contributed by atoms with Crippen molar-refractivity contribution < 1.29 is 4.39 Å². The molecule has 1 heterocycles. The van der Waals surface area contributed by atoms with E-state index in [0.717, 1.165) is 31.6 Å². The molecule has 3 heteroatoms. The molecule has 72 valence electrons. The molecule has 14 heavy (non-hydrogen) atoms. The largest absolute Gasteiger partial charge is 0.370 e. The number of halogens is 1. The predicted molar refractivity (Wildman–Crippen MR) is 52.6 cm³/mol. The molecule has 1 fully saturated rings. The Hall–Kier alpha value is -1.56. The highest BCUT2D eigenvalue weighted by molar-refractivity contribution is 5.60. The van der Waals surface area contributed by atoms with E-state index in [9.17, 15) is 4.39 Å². The standard InChI is InChI=1S/C11H11FN2/c12-10-4-3-5-11(9(10)8-13)14-6-1-2-7-14/h3-5H,1-2,6-7H2. The van der Waals surface area contributed by atoms with Crippen LogP contribution in [0.15, 0.2) is 18.2 Å². The van der Waals surface area contributed by atoms with Crippen LogP contribution in [0, 0.1) is 17.1 Å². The summed E-state index contributed by atoms with van der Waals surface area (Å²) < 4.78 is 13.3. The van der Waals surface area contributed by atoms with Crippen LogP contribution >= 0.6 is 0 Å². The quantitative estimate of drug-likeness (QED) is 0.679. The lowest BCUT2D eigenvalue weighted by molar-refractivity contribution is 0.623. The first-order chi connectivity index (χ1) is 6.83. The smallest absolute Gasteiger partial charge is 0.143 e. The molecule has 0 unspecified atom stereocenters. The van der Waals surface area contributed by atoms with Crippen LogP contribution in [-0.2, 0) is 0 Å². The highest BCUT2D eigenvalue weighted by Gasteiger charge is 2.17. The first-order valence-electron chi connectivity index (χ1n) is 4.76. The molecule has 1 aliphatic rings. The number of hydrogen-bond donors (Lipinski definition) is 0. The summed E-state index contributed by atoms with van der Waals surface area (Å²) in [5.74, 6) is -0.420. The van der Waals surface area contributed by atoms with Gasteiger partial charge in [0.25, 0.3) is 0 Å². The van der Waals surface area contributed by atoms with Gasteiger partial charge in [0.2, 0.25) is 0 Å². The summed E-state index contributed by atoms with van der Waals surface area (Å²) in [5.41, 5.74) is 0.916. The van der Waals surface area contributed by atoms with E-state index in [4.69, 9.17) is 5.26 Å². The van der Waals surface area contributed by atoms with Crippen LogP contribution in [0.5, 0.6) is 0 Å². The van der Waals surface area contributed by atoms with Crippen molar-refractivity contribution in [3.63, 3.8) is 0 Å². The number of anilines is 1. The first kappa shape index (κ1) is 9.01. The van der Waals surface area contributed by atoms with Crippen LogP contribution in [0.2, 0.25) is 0 Å². The SMILES string of the molecule is N#Cc1c(F)cccc1N1CCCC1. The maximum absolute atomic E-state index is 13.3. The minimum Gasteiger partial charge on any atom is -0.370 e. The number of hydrogen-bond acceptors (Lipinski definition) is 2. The van der Waals surface area contributed by atoms with Gasteiger partial charge in [0.1, 0.15) is 17.4 Å². The number of nitrogens with zero attached hydrogens (tertiary/aromatic N) is 2. The molecule has 0 aliphatic carbocycles. The van der Waals surface area contributed by atoms with Gasteiger partial charge in [-0.05, 0) is 25.0 Å². The first-order valence-corrected chi connectivity index (χ1v) is 4.76. The Bertz CT molecular complexity index is 375. The van der Waals surface area contributed by atoms with E-state index < -0.39 is 5.82 Å². The molecule has 0 radical (unpaired) electrons. The van der Waals surface area contributed by atoms with Crippen LogP contribution < -0.4 is 4.90 Å². The predicted octanol–water partition coefficient (Wildman–Crippen LogP) is 2.30. The van der Waals surface area contributed by atoms with Gasteiger partial charge in [-0.2, -0.15) is 5.26 Å². The second-order valence-corrected chi connectivity index (χ2v) is 3.44. The lowest BCUT2D eigenvalue weighted by atomic mass is 10.1. The van der Waals surface area contributed by atoms with Gasteiger partial charge in [-0.15, -0.1) is 0 Å². The molecule has 0 aromatic heterocycles. The van der Waals surface area contributed by atoms with Gasteiger partial charge in [0.05, 0.1) is 5.69 Å². The van der Waals surface area contributed by atoms with E-state index in [-0.39, 0.29) is 5.56 Å². The molecule has 0 N–H and O–H groups in total. The van der Waals surface area contributed by atoms with Crippen molar-refractivity contribution in [2.75, 3.05) is 18.0 Å². The molecule has 0 amide bonds. The minimum absolute atomic E-state index is 0.175. The van der Waals surface area contributed by atoms with Crippen molar-refractivity contribution in [1.29, 1.82) is 5.26 Å². The van der Waals surface area contributed by atoms with Gasteiger partial charge in [-0.25, -0.2) is 4.39 Å². The third-order valence-corrected chi connectivity index (χ3v) is 2.55. The summed E-state index contributed by atoms with van der Waals surface area (Å²) in [7, 11) is 0. The molecule has 2 rings (SSSR count). The molecular weight excluding hydrogens is 179 g/mol. The molecule has 1 saturated heterocycles. The Morgan fingerprint density at radius 1 is 1.29 bits per heavy atom. The van der Waals surface area contributed by atoms with Crippen molar-refractivity contribution in [3.8, 4) is 6.07 Å². The summed E-state index contributed by atoms with van der Waals surface area (Å²) in [6.45, 7) is 1.86. The zero-order valence-corrected chi connectivity index (χ0v) is 7.83. The number of benzene rings is 1. The minimum atomic E-state index is -0.420. The van der Waals surface area contributed by atoms with E-state index >= 15 is 0 Å². The van der Waals surface area contributed by atoms with E-state index in [0.29, 0.717) is 0 Å². The molecule has 0 spiro atoms. The normalized spacial score (nSPS) is 15.6. The van der Waals surface area contributed by atoms with E-state index in [1.165, 1.54) is 6.07 Å². The Morgan fingerprint density at radius 2 is 2.00 bits per heavy atom. The van der Waals surface area contributed by atoms with Crippen molar-refractivity contribution >= 4 is 5.69 Å². The van der Waals surface area contributed by atoms with E-state index in [2.05, 4.69) is 4.90 Å². The van der Waals surface area contributed by atoms with Crippen LogP contribution in [0.4, 0.5) is 10.1 Å². The maximum Gasteiger partial charge on any atom is 0.143 e. The average Bonchev–Trinajstić information content (AvgIpc) is 2.70. The Morgan fingerprint density at radius 3 is 2.64 bits per heavy atom. The zero-order valence-electron chi connectivity index (χ0n) is 7.83. The zero-order chi connectivity index (χ0) is 9.97. The van der Waals surface area contributed by atoms with Gasteiger partial charge in [-0.1, -0.05) is 6.07 Å². The highest BCUT2D eigenvalue weighted by atomic mass is 19.1. The second-order valence-electron chi connectivity index (χ2n) is 3.44. The molecule has 1 aliphatic heterocycles. The van der Waals surface area contributed by atoms with Gasteiger partial charge >= 0.3 is 0 Å². The number of nitriles is 1. The monoisotopic (exact) mass is 190 g/mol. The third kappa shape index (κ3) is 1.44. The Kier molecular flexibility index (Phi) is 2.36. The van der Waals surface area contributed by atoms with Crippen LogP contribution in [0.3, 0.4) is 0 Å². The van der Waals surface area contributed by atoms with Crippen molar-refractivity contribution in [3.05, 3.63) is 29.6 Å². The van der Waals surface area contributed by atoms with Gasteiger partial charge in [0.15, 0.2) is 0 Å². The fourth-order valence-corrected chi connectivity index (χ4v) is 1.84. The van der Waals surface area contributed by atoms with Crippen LogP contribution in [-0.4, -0.2) is 13.1 Å². The van der Waals surface area contributed by atoms with Gasteiger partial charge in [-0.3, -0.25) is 0 Å². The van der Waals surface area contributed by atoms with E-state index in [1.807, 2.05) is 12.1 Å². The molecule has 1 aromatic carbocycles. The number of rotatable bonds is 1. The summed E-state index contributed by atoms with van der Waals surface area (Å²) >= 11 is 0. The summed E-state index contributed by atoms with van der Waals surface area (Å²) in [4.78, 5) is 2.07. The topological polar surface area (TPSA) is 27.0 Å². The lowest BCUT2D eigenvalue weighted by Gasteiger charge is -2.18. The summed E-state index contributed by atoms with van der Waals surface area (Å²) in [6.07, 6.45) is 2.25. The van der Waals surface area contributed by atoms with E-state index in [1.54, 1.807) is 6.07 Å². The molecule has 0 bridgehead atoms. The molecule has 1 aromatic rings. The summed E-state index contributed by atoms with van der Waals surface area (Å²) in [5, 5.41) is 8.84. The Labute approximate surface area is 82.6 Å². The molecular formula is C11H11FN2. The van der Waals surface area contributed by atoms with Crippen molar-refractivity contribution in [2.45, 2.75) is 12.8 Å². The fourth-order valence-electron chi connectivity index (χ4n) is 1.84. The Balaban J connectivity index is 2.42. The molecule has 0 atom stereocenters. The van der Waals surface area contributed by atoms with Gasteiger partial charge < -0.3 is 4.90 Å². The second kappa shape index (κ2) is 3.67. The van der Waals surface area contributed by atoms with Gasteiger partial charge in [0, 0.05) is 13.1 Å². The highest BCUT2D eigenvalue weighted by Crippen LogP contribution is 2.25. The summed E-state index contributed by atoms with van der Waals surface area (Å²) in [6, 6.07) is 6.72. The van der Waals surface area contributed by atoms with Crippen LogP contribution in [0.1, 0.15) is 18.4 Å². The maximum atomic E-state index is 13.3.